The molecule has 0 spiro atoms. The van der Waals surface area contributed by atoms with E-state index in [1.807, 2.05) is 0 Å². The molecule has 0 bridgehead atoms. The molecule has 0 amide bonds. The summed E-state index contributed by atoms with van der Waals surface area (Å²) in [5, 5.41) is 2.74. The lowest BCUT2D eigenvalue weighted by molar-refractivity contribution is -0.152. The fourth-order valence-electron chi connectivity index (χ4n) is 1.21. The van der Waals surface area contributed by atoms with E-state index in [1.54, 1.807) is 6.92 Å². The first-order valence-electron chi connectivity index (χ1n) is 4.19. The maximum atomic E-state index is 11.0. The highest BCUT2D eigenvalue weighted by molar-refractivity contribution is 5.97. The number of nitrogens with one attached hydrogen (secondary N) is 1. The van der Waals surface area contributed by atoms with Crippen LogP contribution in [0.25, 0.3) is 0 Å². The molecule has 0 radical (unpaired) electrons. The van der Waals surface area contributed by atoms with Crippen LogP contribution in [-0.2, 0) is 19.1 Å². The second-order valence-corrected chi connectivity index (χ2v) is 3.13. The van der Waals surface area contributed by atoms with Gasteiger partial charge in [-0.15, -0.1) is 0 Å². The second-order valence-electron chi connectivity index (χ2n) is 3.13. The summed E-state index contributed by atoms with van der Waals surface area (Å²) in [5.41, 5.74) is 0.550. The first-order chi connectivity index (χ1) is 6.49. The van der Waals surface area contributed by atoms with E-state index in [0.717, 1.165) is 0 Å². The third-order valence-corrected chi connectivity index (χ3v) is 1.69. The average Bonchev–Trinajstić information content (AvgIpc) is 2.28. The molecule has 0 aromatic carbocycles. The van der Waals surface area contributed by atoms with E-state index in [4.69, 9.17) is 0 Å². The van der Waals surface area contributed by atoms with Gasteiger partial charge in [-0.1, -0.05) is 0 Å². The minimum Gasteiger partial charge on any atom is -0.392 e. The van der Waals surface area contributed by atoms with Crippen molar-refractivity contribution in [3.05, 3.63) is 11.8 Å². The van der Waals surface area contributed by atoms with Crippen molar-refractivity contribution < 1.29 is 19.1 Å². The van der Waals surface area contributed by atoms with Crippen molar-refractivity contribution in [2.75, 3.05) is 0 Å². The van der Waals surface area contributed by atoms with Crippen LogP contribution in [0, 0.1) is 0 Å². The van der Waals surface area contributed by atoms with Gasteiger partial charge in [0, 0.05) is 5.70 Å². The van der Waals surface area contributed by atoms with E-state index in [9.17, 15) is 14.4 Å². The number of rotatable bonds is 3. The van der Waals surface area contributed by atoms with Gasteiger partial charge < -0.3 is 10.1 Å². The molecular formula is C9H11NO4. The van der Waals surface area contributed by atoms with E-state index < -0.39 is 18.0 Å². The quantitative estimate of drug-likeness (QED) is 0.389. The van der Waals surface area contributed by atoms with Crippen molar-refractivity contribution in [3.63, 3.8) is 0 Å². The van der Waals surface area contributed by atoms with Crippen LogP contribution in [0.4, 0.5) is 0 Å². The lowest BCUT2D eigenvalue weighted by atomic mass is 10.2. The molecule has 0 unspecified atom stereocenters. The molecule has 1 aliphatic heterocycles. The Morgan fingerprint density at radius 3 is 2.57 bits per heavy atom. The molecule has 0 saturated carbocycles. The molecule has 1 saturated heterocycles. The molecule has 76 valence electrons. The highest BCUT2D eigenvalue weighted by Crippen LogP contribution is 2.09. The molecule has 1 aliphatic rings. The van der Waals surface area contributed by atoms with Crippen LogP contribution in [0.3, 0.4) is 0 Å². The van der Waals surface area contributed by atoms with E-state index in [1.165, 1.54) is 13.0 Å². The van der Waals surface area contributed by atoms with Gasteiger partial charge in [0.05, 0.1) is 6.42 Å². The summed E-state index contributed by atoms with van der Waals surface area (Å²) < 4.78 is 4.33. The summed E-state index contributed by atoms with van der Waals surface area (Å²) in [6.45, 7) is 3.06. The molecule has 5 nitrogen and oxygen atoms in total. The molecule has 14 heavy (non-hydrogen) atoms. The van der Waals surface area contributed by atoms with Crippen LogP contribution in [-0.4, -0.2) is 23.8 Å². The van der Waals surface area contributed by atoms with E-state index >= 15 is 0 Å². The maximum absolute atomic E-state index is 11.0. The van der Waals surface area contributed by atoms with Crippen LogP contribution in [0.1, 0.15) is 20.3 Å². The zero-order valence-electron chi connectivity index (χ0n) is 7.99. The molecule has 0 aromatic rings. The fraction of sp³-hybridized carbons (Fsp3) is 0.444. The third-order valence-electron chi connectivity index (χ3n) is 1.69. The van der Waals surface area contributed by atoms with Crippen molar-refractivity contribution >= 4 is 17.7 Å². The first kappa shape index (κ1) is 10.4. The number of ether oxygens (including phenoxy) is 1. The average molecular weight is 197 g/mol. The van der Waals surface area contributed by atoms with E-state index in [-0.39, 0.29) is 12.2 Å². The zero-order valence-corrected chi connectivity index (χ0v) is 7.99. The van der Waals surface area contributed by atoms with Crippen molar-refractivity contribution in [1.29, 1.82) is 0 Å². The molecule has 1 rings (SSSR count). The fourth-order valence-corrected chi connectivity index (χ4v) is 1.21. The second kappa shape index (κ2) is 4.04. The van der Waals surface area contributed by atoms with Crippen molar-refractivity contribution in [2.24, 2.45) is 0 Å². The molecule has 1 heterocycles. The normalized spacial score (nSPS) is 22.1. The van der Waals surface area contributed by atoms with Crippen LogP contribution < -0.4 is 5.32 Å². The highest BCUT2D eigenvalue weighted by atomic mass is 16.6. The Bertz CT molecular complexity index is 319. The maximum Gasteiger partial charge on any atom is 0.336 e. The summed E-state index contributed by atoms with van der Waals surface area (Å²) >= 11 is 0. The highest BCUT2D eigenvalue weighted by Gasteiger charge is 2.33. The lowest BCUT2D eigenvalue weighted by Gasteiger charge is -2.08. The first-order valence-corrected chi connectivity index (χ1v) is 4.19. The van der Waals surface area contributed by atoms with Gasteiger partial charge in [-0.25, -0.2) is 4.79 Å². The number of esters is 2. The minimum absolute atomic E-state index is 0.0158. The number of hydrogen-bond donors (Lipinski definition) is 1. The SMILES string of the molecule is CC(=O)C=C(C)N[C@H]1CC(=O)OC1=O. The standard InChI is InChI=1S/C9H11NO4/c1-5(3-6(2)11)10-7-4-8(12)14-9(7)13/h3,7,10H,4H2,1-2H3/t7-/m0/s1. The van der Waals surface area contributed by atoms with Crippen molar-refractivity contribution in [3.8, 4) is 0 Å². The Morgan fingerprint density at radius 1 is 1.50 bits per heavy atom. The number of ketones is 1. The molecule has 0 aromatic heterocycles. The predicted molar refractivity (Wildman–Crippen MR) is 47.1 cm³/mol. The number of carbonyl (C=O) groups excluding carboxylic acids is 3. The van der Waals surface area contributed by atoms with Gasteiger partial charge in [0.1, 0.15) is 6.04 Å². The van der Waals surface area contributed by atoms with Crippen LogP contribution in [0.5, 0.6) is 0 Å². The van der Waals surface area contributed by atoms with E-state index in [2.05, 4.69) is 10.1 Å². The van der Waals surface area contributed by atoms with Crippen LogP contribution in [0.2, 0.25) is 0 Å². The summed E-state index contributed by atoms with van der Waals surface area (Å²) in [4.78, 5) is 32.4. The monoisotopic (exact) mass is 197 g/mol. The molecule has 1 fully saturated rings. The lowest BCUT2D eigenvalue weighted by Crippen LogP contribution is -2.31. The summed E-state index contributed by atoms with van der Waals surface area (Å²) in [6.07, 6.45) is 1.37. The summed E-state index contributed by atoms with van der Waals surface area (Å²) in [7, 11) is 0. The minimum atomic E-state index is -0.655. The van der Waals surface area contributed by atoms with Gasteiger partial charge in [-0.2, -0.15) is 0 Å². The molecular weight excluding hydrogens is 186 g/mol. The topological polar surface area (TPSA) is 72.5 Å². The zero-order chi connectivity index (χ0) is 10.7. The Labute approximate surface area is 81.1 Å². The Balaban J connectivity index is 2.57. The molecule has 1 atom stereocenters. The van der Waals surface area contributed by atoms with Crippen LogP contribution in [0.15, 0.2) is 11.8 Å². The molecule has 0 aliphatic carbocycles. The Morgan fingerprint density at radius 2 is 2.14 bits per heavy atom. The number of hydrogen-bond acceptors (Lipinski definition) is 5. The van der Waals surface area contributed by atoms with Gasteiger partial charge in [0.15, 0.2) is 5.78 Å². The summed E-state index contributed by atoms with van der Waals surface area (Å²) in [5.74, 6) is -1.25. The van der Waals surface area contributed by atoms with Gasteiger partial charge in [-0.05, 0) is 19.9 Å². The van der Waals surface area contributed by atoms with Gasteiger partial charge in [0.25, 0.3) is 0 Å². The smallest absolute Gasteiger partial charge is 0.336 e. The molecule has 1 N–H and O–H groups in total. The largest absolute Gasteiger partial charge is 0.392 e. The van der Waals surface area contributed by atoms with E-state index in [0.29, 0.717) is 5.70 Å². The van der Waals surface area contributed by atoms with Crippen molar-refractivity contribution in [1.82, 2.24) is 5.32 Å². The number of carbonyl (C=O) groups is 3. The van der Waals surface area contributed by atoms with Crippen LogP contribution >= 0.6 is 0 Å². The number of allylic oxidation sites excluding steroid dienone is 2. The molecule has 5 heteroatoms. The predicted octanol–water partition coefficient (Wildman–Crippen LogP) is -0.0891. The summed E-state index contributed by atoms with van der Waals surface area (Å²) in [6, 6.07) is -0.655. The third kappa shape index (κ3) is 2.69. The number of cyclic esters (lactones) is 2. The van der Waals surface area contributed by atoms with Gasteiger partial charge in [-0.3, -0.25) is 9.59 Å². The van der Waals surface area contributed by atoms with Gasteiger partial charge in [0.2, 0.25) is 0 Å². The van der Waals surface area contributed by atoms with Crippen molar-refractivity contribution in [2.45, 2.75) is 26.3 Å². The van der Waals surface area contributed by atoms with Gasteiger partial charge >= 0.3 is 11.9 Å². The Hall–Kier alpha value is -1.65. The Kier molecular flexibility index (Phi) is 3.01.